The summed E-state index contributed by atoms with van der Waals surface area (Å²) in [6, 6.07) is 5.62. The number of hydrogen-bond donors (Lipinski definition) is 1. The Morgan fingerprint density at radius 1 is 1.36 bits per heavy atom. The second kappa shape index (κ2) is 7.38. The fourth-order valence-electron chi connectivity index (χ4n) is 2.04. The number of nitrogens with one attached hydrogen (secondary N) is 1. The molecule has 0 radical (unpaired) electrons. The highest BCUT2D eigenvalue weighted by atomic mass is 32.1. The molecule has 1 heterocycles. The summed E-state index contributed by atoms with van der Waals surface area (Å²) in [6.07, 6.45) is 1.72. The average molecular weight is 319 g/mol. The third kappa shape index (κ3) is 4.82. The van der Waals surface area contributed by atoms with Gasteiger partial charge in [-0.05, 0) is 51.7 Å². The van der Waals surface area contributed by atoms with Crippen molar-refractivity contribution >= 4 is 22.4 Å². The van der Waals surface area contributed by atoms with Crippen molar-refractivity contribution in [2.45, 2.75) is 26.5 Å². The average Bonchev–Trinajstić information content (AvgIpc) is 2.89. The van der Waals surface area contributed by atoms with Gasteiger partial charge in [0.05, 0.1) is 6.10 Å². The molecule has 0 saturated heterocycles. The molecule has 118 valence electrons. The predicted molar refractivity (Wildman–Crippen MR) is 89.7 cm³/mol. The second-order valence-corrected chi connectivity index (χ2v) is 6.46. The number of amides is 1. The van der Waals surface area contributed by atoms with Crippen LogP contribution in [-0.4, -0.2) is 36.0 Å². The lowest BCUT2D eigenvalue weighted by Crippen LogP contribution is -2.15. The van der Waals surface area contributed by atoms with E-state index in [1.807, 2.05) is 45.5 Å². The number of anilines is 1. The normalized spacial score (nSPS) is 11.0. The summed E-state index contributed by atoms with van der Waals surface area (Å²) in [5.74, 6) is 0.530. The van der Waals surface area contributed by atoms with Crippen LogP contribution in [0.15, 0.2) is 29.8 Å². The minimum absolute atomic E-state index is 0.0597. The highest BCUT2D eigenvalue weighted by Gasteiger charge is 2.12. The predicted octanol–water partition coefficient (Wildman–Crippen LogP) is 3.24. The van der Waals surface area contributed by atoms with Crippen LogP contribution < -0.4 is 10.1 Å². The lowest BCUT2D eigenvalue weighted by atomic mass is 10.1. The molecule has 5 nitrogen and oxygen atoms in total. The van der Waals surface area contributed by atoms with Crippen molar-refractivity contribution in [1.29, 1.82) is 0 Å². The van der Waals surface area contributed by atoms with Gasteiger partial charge in [0, 0.05) is 23.7 Å². The van der Waals surface area contributed by atoms with Crippen LogP contribution in [-0.2, 0) is 6.54 Å². The summed E-state index contributed by atoms with van der Waals surface area (Å²) >= 11 is 1.39. The van der Waals surface area contributed by atoms with Crippen LogP contribution in [0.2, 0.25) is 0 Å². The first-order chi connectivity index (χ1) is 10.4. The van der Waals surface area contributed by atoms with Gasteiger partial charge in [0.25, 0.3) is 5.91 Å². The standard InChI is InChI=1S/C16H21N3O2S/c1-11(2)21-14-8-12(10-19(3)4)7-13(9-14)15(20)18-16-17-5-6-22-16/h5-9,11H,10H2,1-4H3,(H,17,18,20). The molecule has 2 rings (SSSR count). The van der Waals surface area contributed by atoms with Crippen LogP contribution in [0.4, 0.5) is 5.13 Å². The molecule has 2 aromatic rings. The van der Waals surface area contributed by atoms with E-state index in [0.717, 1.165) is 12.1 Å². The van der Waals surface area contributed by atoms with Gasteiger partial charge >= 0.3 is 0 Å². The number of hydrogen-bond acceptors (Lipinski definition) is 5. The highest BCUT2D eigenvalue weighted by Crippen LogP contribution is 2.21. The number of benzene rings is 1. The van der Waals surface area contributed by atoms with Crippen LogP contribution >= 0.6 is 11.3 Å². The van der Waals surface area contributed by atoms with Gasteiger partial charge in [-0.25, -0.2) is 4.98 Å². The van der Waals surface area contributed by atoms with Crippen molar-refractivity contribution in [3.63, 3.8) is 0 Å². The Labute approximate surface area is 134 Å². The maximum atomic E-state index is 12.4. The molecule has 0 saturated carbocycles. The summed E-state index contributed by atoms with van der Waals surface area (Å²) in [5, 5.41) is 5.22. The monoisotopic (exact) mass is 319 g/mol. The lowest BCUT2D eigenvalue weighted by molar-refractivity contribution is 0.102. The van der Waals surface area contributed by atoms with Gasteiger partial charge in [-0.3, -0.25) is 10.1 Å². The Morgan fingerprint density at radius 2 is 2.14 bits per heavy atom. The molecular weight excluding hydrogens is 298 g/mol. The molecular formula is C16H21N3O2S. The molecule has 0 bridgehead atoms. The lowest BCUT2D eigenvalue weighted by Gasteiger charge is -2.15. The van der Waals surface area contributed by atoms with Gasteiger partial charge in [-0.15, -0.1) is 11.3 Å². The van der Waals surface area contributed by atoms with E-state index in [9.17, 15) is 4.79 Å². The van der Waals surface area contributed by atoms with Gasteiger partial charge in [-0.2, -0.15) is 0 Å². The van der Waals surface area contributed by atoms with E-state index in [4.69, 9.17) is 4.74 Å². The number of rotatable bonds is 6. The number of carbonyl (C=O) groups excluding carboxylic acids is 1. The van der Waals surface area contributed by atoms with Crippen molar-refractivity contribution in [2.24, 2.45) is 0 Å². The summed E-state index contributed by atoms with van der Waals surface area (Å²) in [4.78, 5) is 18.5. The maximum absolute atomic E-state index is 12.4. The summed E-state index contributed by atoms with van der Waals surface area (Å²) in [6.45, 7) is 4.68. The third-order valence-electron chi connectivity index (χ3n) is 2.75. The van der Waals surface area contributed by atoms with Crippen molar-refractivity contribution in [3.05, 3.63) is 40.9 Å². The van der Waals surface area contributed by atoms with Gasteiger partial charge in [0.15, 0.2) is 5.13 Å². The Hall–Kier alpha value is -1.92. The van der Waals surface area contributed by atoms with Gasteiger partial charge in [0.1, 0.15) is 5.75 Å². The largest absolute Gasteiger partial charge is 0.491 e. The number of nitrogens with zero attached hydrogens (tertiary/aromatic N) is 2. The molecule has 0 fully saturated rings. The van der Waals surface area contributed by atoms with E-state index in [1.165, 1.54) is 11.3 Å². The highest BCUT2D eigenvalue weighted by molar-refractivity contribution is 7.13. The first-order valence-electron chi connectivity index (χ1n) is 7.10. The summed E-state index contributed by atoms with van der Waals surface area (Å²) < 4.78 is 5.75. The Kier molecular flexibility index (Phi) is 5.51. The van der Waals surface area contributed by atoms with Crippen LogP contribution in [0.5, 0.6) is 5.75 Å². The van der Waals surface area contributed by atoms with E-state index in [1.54, 1.807) is 12.3 Å². The fraction of sp³-hybridized carbons (Fsp3) is 0.375. The van der Waals surface area contributed by atoms with Crippen LogP contribution in [0.1, 0.15) is 29.8 Å². The van der Waals surface area contributed by atoms with Crippen molar-refractivity contribution < 1.29 is 9.53 Å². The van der Waals surface area contributed by atoms with Crippen molar-refractivity contribution in [2.75, 3.05) is 19.4 Å². The number of ether oxygens (including phenoxy) is 1. The molecule has 1 amide bonds. The molecule has 6 heteroatoms. The van der Waals surface area contributed by atoms with Crippen molar-refractivity contribution in [1.82, 2.24) is 9.88 Å². The molecule has 0 atom stereocenters. The maximum Gasteiger partial charge on any atom is 0.257 e. The molecule has 0 aliphatic heterocycles. The van der Waals surface area contributed by atoms with Crippen LogP contribution in [0.25, 0.3) is 0 Å². The van der Waals surface area contributed by atoms with E-state index in [-0.39, 0.29) is 12.0 Å². The molecule has 0 unspecified atom stereocenters. The first-order valence-corrected chi connectivity index (χ1v) is 7.98. The molecule has 1 aromatic heterocycles. The van der Waals surface area contributed by atoms with Crippen molar-refractivity contribution in [3.8, 4) is 5.75 Å². The molecule has 22 heavy (non-hydrogen) atoms. The Balaban J connectivity index is 2.25. The number of aromatic nitrogens is 1. The zero-order valence-electron chi connectivity index (χ0n) is 13.3. The molecule has 0 aliphatic carbocycles. The van der Waals surface area contributed by atoms with Gasteiger partial charge in [0.2, 0.25) is 0 Å². The first kappa shape index (κ1) is 16.5. The number of carbonyl (C=O) groups is 1. The number of thiazole rings is 1. The minimum atomic E-state index is -0.177. The molecule has 1 N–H and O–H groups in total. The van der Waals surface area contributed by atoms with Crippen LogP contribution in [0, 0.1) is 0 Å². The minimum Gasteiger partial charge on any atom is -0.491 e. The molecule has 1 aromatic carbocycles. The Bertz CT molecular complexity index is 596. The van der Waals surface area contributed by atoms with Gasteiger partial charge in [-0.1, -0.05) is 0 Å². The summed E-state index contributed by atoms with van der Waals surface area (Å²) in [5.41, 5.74) is 1.61. The summed E-state index contributed by atoms with van der Waals surface area (Å²) in [7, 11) is 3.98. The molecule has 0 spiro atoms. The SMILES string of the molecule is CC(C)Oc1cc(CN(C)C)cc(C(=O)Nc2nccs2)c1. The molecule has 0 aliphatic rings. The zero-order valence-corrected chi connectivity index (χ0v) is 14.1. The van der Waals surface area contributed by atoms with E-state index < -0.39 is 0 Å². The second-order valence-electron chi connectivity index (χ2n) is 5.56. The van der Waals surface area contributed by atoms with Crippen LogP contribution in [0.3, 0.4) is 0 Å². The smallest absolute Gasteiger partial charge is 0.257 e. The quantitative estimate of drug-likeness (QED) is 0.888. The fourth-order valence-corrected chi connectivity index (χ4v) is 2.57. The third-order valence-corrected chi connectivity index (χ3v) is 3.44. The topological polar surface area (TPSA) is 54.5 Å². The van der Waals surface area contributed by atoms with E-state index >= 15 is 0 Å². The zero-order chi connectivity index (χ0) is 16.1. The van der Waals surface area contributed by atoms with E-state index in [2.05, 4.69) is 15.2 Å². The Morgan fingerprint density at radius 3 is 2.73 bits per heavy atom. The van der Waals surface area contributed by atoms with E-state index in [0.29, 0.717) is 16.4 Å². The van der Waals surface area contributed by atoms with Gasteiger partial charge < -0.3 is 9.64 Å².